The number of tetrazole rings is 1. The van der Waals surface area contributed by atoms with Gasteiger partial charge in [0, 0.05) is 25.9 Å². The van der Waals surface area contributed by atoms with Gasteiger partial charge in [-0.2, -0.15) is 5.21 Å². The third-order valence-corrected chi connectivity index (χ3v) is 4.00. The molecular weight excluding hydrogens is 311 g/mol. The van der Waals surface area contributed by atoms with Crippen LogP contribution in [0.2, 0.25) is 0 Å². The van der Waals surface area contributed by atoms with Gasteiger partial charge >= 0.3 is 7.60 Å². The number of rotatable bonds is 5. The van der Waals surface area contributed by atoms with E-state index in [1.54, 1.807) is 22.7 Å². The van der Waals surface area contributed by atoms with Gasteiger partial charge in [0.05, 0.1) is 0 Å². The van der Waals surface area contributed by atoms with Crippen LogP contribution in [-0.2, 0) is 15.7 Å². The molecule has 11 heteroatoms. The van der Waals surface area contributed by atoms with E-state index >= 15 is 0 Å². The van der Waals surface area contributed by atoms with Crippen LogP contribution in [0.5, 0.6) is 0 Å². The fraction of sp³-hybridized carbons (Fsp3) is 0.273. The van der Waals surface area contributed by atoms with Gasteiger partial charge in [-0.15, -0.1) is 10.2 Å². The van der Waals surface area contributed by atoms with Crippen LogP contribution in [0.3, 0.4) is 0 Å². The maximum Gasteiger partial charge on any atom is 0.376 e. The molecule has 0 amide bonds. The average molecular weight is 324 g/mol. The fourth-order valence-electron chi connectivity index (χ4n) is 2.14. The predicted octanol–water partition coefficient (Wildman–Crippen LogP) is -0.419. The molecule has 1 atom stereocenters. The first-order chi connectivity index (χ1) is 10.5. The maximum absolute atomic E-state index is 11.3. The van der Waals surface area contributed by atoms with Crippen molar-refractivity contribution in [3.8, 4) is 0 Å². The van der Waals surface area contributed by atoms with Crippen molar-refractivity contribution in [2.45, 2.75) is 12.5 Å². The van der Waals surface area contributed by atoms with Crippen molar-refractivity contribution in [1.82, 2.24) is 30.0 Å². The number of ether oxygens (including phenoxy) is 1. The Hall–Kier alpha value is -2.13. The highest BCUT2D eigenvalue weighted by Gasteiger charge is 2.23. The normalized spacial score (nSPS) is 13.6. The number of fused-ring (bicyclic) bond motifs is 1. The van der Waals surface area contributed by atoms with Crippen LogP contribution in [0.4, 0.5) is 0 Å². The van der Waals surface area contributed by atoms with E-state index in [2.05, 4.69) is 25.6 Å². The molecule has 0 spiro atoms. The molecule has 3 aromatic heterocycles. The van der Waals surface area contributed by atoms with E-state index in [0.717, 1.165) is 5.56 Å². The Balaban J connectivity index is 2.00. The molecule has 3 heterocycles. The zero-order chi connectivity index (χ0) is 15.7. The summed E-state index contributed by atoms with van der Waals surface area (Å²) in [6, 6.07) is 3.56. The van der Waals surface area contributed by atoms with Crippen LogP contribution in [0.15, 0.2) is 24.5 Å². The number of methoxy groups -OCH3 is 1. The smallest absolute Gasteiger partial charge is 0.373 e. The van der Waals surface area contributed by atoms with E-state index in [0.29, 0.717) is 17.9 Å². The van der Waals surface area contributed by atoms with Crippen LogP contribution in [0.25, 0.3) is 5.65 Å². The summed E-state index contributed by atoms with van der Waals surface area (Å²) in [5, 5.41) is 13.6. The quantitative estimate of drug-likeness (QED) is 0.538. The summed E-state index contributed by atoms with van der Waals surface area (Å²) in [5.41, 5.74) is 0.929. The largest absolute Gasteiger partial charge is 0.376 e. The Labute approximate surface area is 124 Å². The Kier molecular flexibility index (Phi) is 3.75. The highest BCUT2D eigenvalue weighted by molar-refractivity contribution is 7.60. The molecule has 0 aliphatic carbocycles. The van der Waals surface area contributed by atoms with E-state index in [-0.39, 0.29) is 5.44 Å². The number of H-pyrrole nitrogens is 1. The van der Waals surface area contributed by atoms with E-state index in [1.807, 2.05) is 0 Å². The molecule has 0 aromatic carbocycles. The van der Waals surface area contributed by atoms with Gasteiger partial charge in [-0.1, -0.05) is 11.3 Å². The van der Waals surface area contributed by atoms with Gasteiger partial charge in [-0.25, -0.2) is 4.98 Å². The summed E-state index contributed by atoms with van der Waals surface area (Å²) in [4.78, 5) is 22.5. The molecule has 3 N–H and O–H groups in total. The number of nitrogens with zero attached hydrogens (tertiary/aromatic N) is 5. The third kappa shape index (κ3) is 2.77. The van der Waals surface area contributed by atoms with E-state index in [1.165, 1.54) is 13.3 Å². The zero-order valence-electron chi connectivity index (χ0n) is 11.5. The molecule has 0 fully saturated rings. The van der Waals surface area contributed by atoms with Crippen molar-refractivity contribution >= 4 is 18.7 Å². The number of imidazole rings is 1. The number of aromatic amines is 1. The molecule has 116 valence electrons. The molecule has 0 bridgehead atoms. The zero-order valence-corrected chi connectivity index (χ0v) is 12.4. The van der Waals surface area contributed by atoms with Crippen molar-refractivity contribution in [1.29, 1.82) is 0 Å². The van der Waals surface area contributed by atoms with Crippen molar-refractivity contribution in [3.05, 3.63) is 35.9 Å². The minimum absolute atomic E-state index is 0.270. The predicted molar refractivity (Wildman–Crippen MR) is 74.5 cm³/mol. The summed E-state index contributed by atoms with van der Waals surface area (Å²) in [6.07, 6.45) is 2.93. The molecular formula is C11H13N6O4P. The highest BCUT2D eigenvalue weighted by atomic mass is 31.2. The SMILES string of the molecule is COC(Cc1cccn2cc(P(=O)(O)O)nc12)c1nn[nH]n1. The first-order valence-corrected chi connectivity index (χ1v) is 7.89. The summed E-state index contributed by atoms with van der Waals surface area (Å²) in [5.74, 6) is 0.395. The van der Waals surface area contributed by atoms with Crippen molar-refractivity contribution in [3.63, 3.8) is 0 Å². The molecule has 22 heavy (non-hydrogen) atoms. The lowest BCUT2D eigenvalue weighted by atomic mass is 10.1. The van der Waals surface area contributed by atoms with Gasteiger partial charge in [0.1, 0.15) is 11.8 Å². The molecule has 0 saturated carbocycles. The highest BCUT2D eigenvalue weighted by Crippen LogP contribution is 2.33. The lowest BCUT2D eigenvalue weighted by Gasteiger charge is -2.11. The minimum Gasteiger partial charge on any atom is -0.373 e. The molecule has 10 nitrogen and oxygen atoms in total. The Morgan fingerprint density at radius 1 is 1.50 bits per heavy atom. The van der Waals surface area contributed by atoms with Gasteiger partial charge in [0.15, 0.2) is 5.44 Å². The second-order valence-electron chi connectivity index (χ2n) is 4.61. The average Bonchev–Trinajstić information content (AvgIpc) is 3.13. The first kappa shape index (κ1) is 14.8. The van der Waals surface area contributed by atoms with Gasteiger partial charge in [0.25, 0.3) is 0 Å². The first-order valence-electron chi connectivity index (χ1n) is 6.28. The summed E-state index contributed by atoms with van der Waals surface area (Å²) < 4.78 is 18.2. The molecule has 3 aromatic rings. The molecule has 0 saturated heterocycles. The summed E-state index contributed by atoms with van der Waals surface area (Å²) in [6.45, 7) is 0. The lowest BCUT2D eigenvalue weighted by Crippen LogP contribution is -2.09. The van der Waals surface area contributed by atoms with E-state index in [9.17, 15) is 14.4 Å². The Morgan fingerprint density at radius 2 is 2.32 bits per heavy atom. The summed E-state index contributed by atoms with van der Waals surface area (Å²) >= 11 is 0. The molecule has 0 aliphatic rings. The number of hydrogen-bond acceptors (Lipinski definition) is 6. The number of aromatic nitrogens is 6. The lowest BCUT2D eigenvalue weighted by molar-refractivity contribution is 0.0963. The standard InChI is InChI=1S/C11H13N6O4P/c1-21-8(10-13-15-16-14-10)5-7-3-2-4-17-6-9(12-11(7)17)22(18,19)20/h2-4,6,8H,5H2,1H3,(H2,18,19,20)(H,13,14,15,16). The molecule has 1 unspecified atom stereocenters. The van der Waals surface area contributed by atoms with Gasteiger partial charge in [-0.05, 0) is 11.6 Å². The number of hydrogen-bond donors (Lipinski definition) is 3. The van der Waals surface area contributed by atoms with Crippen molar-refractivity contribution < 1.29 is 19.1 Å². The third-order valence-electron chi connectivity index (χ3n) is 3.19. The van der Waals surface area contributed by atoms with Gasteiger partial charge in [0.2, 0.25) is 5.82 Å². The van der Waals surface area contributed by atoms with Gasteiger partial charge < -0.3 is 18.9 Å². The van der Waals surface area contributed by atoms with E-state index in [4.69, 9.17) is 4.74 Å². The topological polar surface area (TPSA) is 139 Å². The fourth-order valence-corrected chi connectivity index (χ4v) is 2.64. The monoisotopic (exact) mass is 324 g/mol. The number of pyridine rings is 1. The van der Waals surface area contributed by atoms with Crippen molar-refractivity contribution in [2.75, 3.05) is 7.11 Å². The molecule has 0 aliphatic heterocycles. The van der Waals surface area contributed by atoms with E-state index < -0.39 is 13.7 Å². The summed E-state index contributed by atoms with van der Waals surface area (Å²) in [7, 11) is -2.88. The maximum atomic E-state index is 11.3. The van der Waals surface area contributed by atoms with Crippen molar-refractivity contribution in [2.24, 2.45) is 0 Å². The molecule has 3 rings (SSSR count). The van der Waals surface area contributed by atoms with Crippen LogP contribution >= 0.6 is 7.60 Å². The minimum atomic E-state index is -4.40. The Bertz CT molecular complexity index is 826. The van der Waals surface area contributed by atoms with Crippen LogP contribution < -0.4 is 5.44 Å². The van der Waals surface area contributed by atoms with Crippen LogP contribution in [0, 0.1) is 0 Å². The second-order valence-corrected chi connectivity index (χ2v) is 6.15. The second kappa shape index (κ2) is 5.58. The molecule has 0 radical (unpaired) electrons. The van der Waals surface area contributed by atoms with Crippen LogP contribution in [0.1, 0.15) is 17.5 Å². The Morgan fingerprint density at radius 3 is 2.95 bits per heavy atom. The van der Waals surface area contributed by atoms with Crippen LogP contribution in [-0.4, -0.2) is 46.9 Å². The van der Waals surface area contributed by atoms with Gasteiger partial charge in [-0.3, -0.25) is 4.57 Å². The number of nitrogens with one attached hydrogen (secondary N) is 1.